The van der Waals surface area contributed by atoms with E-state index in [2.05, 4.69) is 16.0 Å². The number of aliphatic hydroxyl groups excluding tert-OH is 1. The highest BCUT2D eigenvalue weighted by atomic mass is 32.2. The summed E-state index contributed by atoms with van der Waals surface area (Å²) < 4.78 is 17.6. The summed E-state index contributed by atoms with van der Waals surface area (Å²) in [5.41, 5.74) is 3.90. The van der Waals surface area contributed by atoms with Crippen LogP contribution in [0.15, 0.2) is 77.7 Å². The number of benzene rings is 3. The van der Waals surface area contributed by atoms with Gasteiger partial charge in [-0.1, -0.05) is 36.4 Å². The van der Waals surface area contributed by atoms with Crippen LogP contribution in [0.25, 0.3) is 0 Å². The van der Waals surface area contributed by atoms with Crippen LogP contribution >= 0.6 is 11.8 Å². The highest BCUT2D eigenvalue weighted by molar-refractivity contribution is 7.99. The van der Waals surface area contributed by atoms with Gasteiger partial charge in [0.15, 0.2) is 6.29 Å². The molecule has 3 aromatic rings. The number of carbonyl (C=O) groups excluding carboxylic acids is 3. The molecule has 3 atom stereocenters. The molecule has 4 N–H and O–H groups in total. The molecule has 11 heteroatoms. The fourth-order valence-electron chi connectivity index (χ4n) is 4.31. The summed E-state index contributed by atoms with van der Waals surface area (Å²) >= 11 is 1.66. The van der Waals surface area contributed by atoms with Crippen LogP contribution in [-0.2, 0) is 30.4 Å². The SMILES string of the molecule is CCOC(=O)CNC(=O)Nc1ccc([C@@H]2O[C@H](CSc3ccc(NC(C)=O)cc3)C[C@H](c3ccc(CO)cc3)O2)cc1. The largest absolute Gasteiger partial charge is 0.465 e. The number of aliphatic hydroxyl groups is 1. The molecule has 0 radical (unpaired) electrons. The van der Waals surface area contributed by atoms with Gasteiger partial charge >= 0.3 is 12.0 Å². The second-order valence-corrected chi connectivity index (χ2v) is 10.7. The molecule has 1 aliphatic rings. The molecule has 222 valence electrons. The number of rotatable bonds is 11. The zero-order chi connectivity index (χ0) is 29.9. The van der Waals surface area contributed by atoms with Crippen molar-refractivity contribution in [2.75, 3.05) is 29.5 Å². The highest BCUT2D eigenvalue weighted by Gasteiger charge is 2.32. The summed E-state index contributed by atoms with van der Waals surface area (Å²) in [4.78, 5) is 36.0. The van der Waals surface area contributed by atoms with Gasteiger partial charge in [-0.25, -0.2) is 4.79 Å². The minimum Gasteiger partial charge on any atom is -0.465 e. The van der Waals surface area contributed by atoms with Crippen LogP contribution in [0, 0.1) is 0 Å². The molecule has 1 fully saturated rings. The maximum atomic E-state index is 12.1. The Morgan fingerprint density at radius 2 is 1.55 bits per heavy atom. The summed E-state index contributed by atoms with van der Waals surface area (Å²) in [5, 5.41) is 17.4. The molecule has 3 amide bonds. The lowest BCUT2D eigenvalue weighted by Gasteiger charge is -2.36. The lowest BCUT2D eigenvalue weighted by atomic mass is 10.0. The maximum absolute atomic E-state index is 12.1. The standard InChI is InChI=1S/C31H35N3O7S/c1-3-39-29(37)17-32-31(38)34-25-10-8-23(9-11-25)30-40-26(16-28(41-30)22-6-4-21(18-35)5-7-22)19-42-27-14-12-24(13-15-27)33-20(2)36/h4-15,26,28,30,35H,3,16-19H2,1-2H3,(H,33,36)(H2,32,34,38)/t26-,28+,30+/m0/s1. The first-order valence-electron chi connectivity index (χ1n) is 13.6. The molecule has 1 aliphatic heterocycles. The average Bonchev–Trinajstić information content (AvgIpc) is 3.00. The summed E-state index contributed by atoms with van der Waals surface area (Å²) in [6.07, 6.45) is -0.346. The van der Waals surface area contributed by atoms with Crippen LogP contribution in [0.3, 0.4) is 0 Å². The van der Waals surface area contributed by atoms with E-state index in [0.717, 1.165) is 27.3 Å². The Labute approximate surface area is 249 Å². The summed E-state index contributed by atoms with van der Waals surface area (Å²) in [5.74, 6) is 0.0613. The topological polar surface area (TPSA) is 135 Å². The number of nitrogens with one attached hydrogen (secondary N) is 3. The van der Waals surface area contributed by atoms with Crippen molar-refractivity contribution in [1.82, 2.24) is 5.32 Å². The molecule has 0 saturated carbocycles. The average molecular weight is 594 g/mol. The van der Waals surface area contributed by atoms with Gasteiger partial charge in [-0.2, -0.15) is 0 Å². The predicted molar refractivity (Wildman–Crippen MR) is 160 cm³/mol. The van der Waals surface area contributed by atoms with Crippen molar-refractivity contribution in [2.24, 2.45) is 0 Å². The van der Waals surface area contributed by atoms with Crippen LogP contribution in [-0.4, -0.2) is 48.0 Å². The zero-order valence-electron chi connectivity index (χ0n) is 23.5. The van der Waals surface area contributed by atoms with E-state index >= 15 is 0 Å². The van der Waals surface area contributed by atoms with Crippen LogP contribution in [0.4, 0.5) is 16.2 Å². The highest BCUT2D eigenvalue weighted by Crippen LogP contribution is 2.39. The Kier molecular flexibility index (Phi) is 11.4. The molecule has 4 rings (SSSR count). The second kappa shape index (κ2) is 15.4. The van der Waals surface area contributed by atoms with Crippen molar-refractivity contribution in [1.29, 1.82) is 0 Å². The molecule has 1 saturated heterocycles. The first-order valence-corrected chi connectivity index (χ1v) is 14.6. The van der Waals surface area contributed by atoms with E-state index in [1.54, 1.807) is 30.8 Å². The molecule has 1 heterocycles. The van der Waals surface area contributed by atoms with E-state index in [9.17, 15) is 19.5 Å². The molecule has 0 aromatic heterocycles. The Balaban J connectivity index is 1.42. The van der Waals surface area contributed by atoms with E-state index in [1.807, 2.05) is 60.7 Å². The minimum atomic E-state index is -0.638. The predicted octanol–water partition coefficient (Wildman–Crippen LogP) is 5.16. The molecule has 0 aliphatic carbocycles. The van der Waals surface area contributed by atoms with Gasteiger partial charge in [-0.3, -0.25) is 9.59 Å². The summed E-state index contributed by atoms with van der Waals surface area (Å²) in [6.45, 7) is 3.17. The fraction of sp³-hybridized carbons (Fsp3) is 0.323. The minimum absolute atomic E-state index is 0.0290. The van der Waals surface area contributed by atoms with Crippen LogP contribution in [0.1, 0.15) is 49.4 Å². The maximum Gasteiger partial charge on any atom is 0.325 e. The van der Waals surface area contributed by atoms with Gasteiger partial charge in [-0.15, -0.1) is 11.8 Å². The number of ether oxygens (including phenoxy) is 3. The third-order valence-electron chi connectivity index (χ3n) is 6.36. The van der Waals surface area contributed by atoms with Crippen molar-refractivity contribution in [3.63, 3.8) is 0 Å². The number of esters is 1. The lowest BCUT2D eigenvalue weighted by Crippen LogP contribution is -2.34. The van der Waals surface area contributed by atoms with Gasteiger partial charge in [0.25, 0.3) is 0 Å². The van der Waals surface area contributed by atoms with E-state index in [0.29, 0.717) is 17.9 Å². The third-order valence-corrected chi connectivity index (χ3v) is 7.51. The second-order valence-electron chi connectivity index (χ2n) is 9.60. The molecular weight excluding hydrogens is 558 g/mol. The van der Waals surface area contributed by atoms with Gasteiger partial charge in [0.1, 0.15) is 6.54 Å². The van der Waals surface area contributed by atoms with Gasteiger partial charge in [0, 0.05) is 40.9 Å². The zero-order valence-corrected chi connectivity index (χ0v) is 24.3. The van der Waals surface area contributed by atoms with Gasteiger partial charge < -0.3 is 35.3 Å². The Bertz CT molecular complexity index is 1330. The van der Waals surface area contributed by atoms with E-state index in [-0.39, 0.29) is 37.9 Å². The Hall–Kier alpha value is -3.90. The number of hydrogen-bond donors (Lipinski definition) is 4. The monoisotopic (exact) mass is 593 g/mol. The number of amides is 3. The molecule has 0 unspecified atom stereocenters. The quantitative estimate of drug-likeness (QED) is 0.177. The molecule has 3 aromatic carbocycles. The van der Waals surface area contributed by atoms with Crippen LogP contribution < -0.4 is 16.0 Å². The molecule has 42 heavy (non-hydrogen) atoms. The van der Waals surface area contributed by atoms with Gasteiger partial charge in [0.2, 0.25) is 5.91 Å². The lowest BCUT2D eigenvalue weighted by molar-refractivity contribution is -0.245. The number of thioether (sulfide) groups is 1. The Morgan fingerprint density at radius 1 is 0.905 bits per heavy atom. The summed E-state index contributed by atoms with van der Waals surface area (Å²) in [6, 6.07) is 22.0. The smallest absolute Gasteiger partial charge is 0.325 e. The number of urea groups is 1. The van der Waals surface area contributed by atoms with Crippen LogP contribution in [0.2, 0.25) is 0 Å². The van der Waals surface area contributed by atoms with E-state index < -0.39 is 18.3 Å². The first kappa shape index (κ1) is 31.0. The fourth-order valence-corrected chi connectivity index (χ4v) is 5.23. The van der Waals surface area contributed by atoms with Crippen LogP contribution in [0.5, 0.6) is 0 Å². The van der Waals surface area contributed by atoms with Crippen molar-refractivity contribution >= 4 is 41.0 Å². The first-order chi connectivity index (χ1) is 20.3. The number of carbonyl (C=O) groups is 3. The molecule has 10 nitrogen and oxygen atoms in total. The van der Waals surface area contributed by atoms with Gasteiger partial charge in [0.05, 0.1) is 25.4 Å². The van der Waals surface area contributed by atoms with Crippen molar-refractivity contribution < 1.29 is 33.7 Å². The summed E-state index contributed by atoms with van der Waals surface area (Å²) in [7, 11) is 0. The molecule has 0 bridgehead atoms. The van der Waals surface area contributed by atoms with E-state index in [1.165, 1.54) is 6.92 Å². The number of hydrogen-bond acceptors (Lipinski definition) is 8. The molecular formula is C31H35N3O7S. The van der Waals surface area contributed by atoms with Crippen molar-refractivity contribution in [3.05, 3.63) is 89.5 Å². The van der Waals surface area contributed by atoms with Crippen molar-refractivity contribution in [2.45, 2.75) is 50.3 Å². The molecule has 0 spiro atoms. The Morgan fingerprint density at radius 3 is 2.19 bits per heavy atom. The normalized spacial score (nSPS) is 18.1. The van der Waals surface area contributed by atoms with Crippen molar-refractivity contribution in [3.8, 4) is 0 Å². The number of anilines is 2. The van der Waals surface area contributed by atoms with Gasteiger partial charge in [-0.05, 0) is 54.4 Å². The van der Waals surface area contributed by atoms with E-state index in [4.69, 9.17) is 14.2 Å². The third kappa shape index (κ3) is 9.31.